The van der Waals surface area contributed by atoms with E-state index in [4.69, 9.17) is 4.74 Å². The zero-order valence-corrected chi connectivity index (χ0v) is 18.4. The minimum atomic E-state index is -0.0825. The molecule has 1 saturated heterocycles. The first-order valence-corrected chi connectivity index (χ1v) is 11.7. The van der Waals surface area contributed by atoms with Gasteiger partial charge in [0.2, 0.25) is 0 Å². The van der Waals surface area contributed by atoms with Gasteiger partial charge in [-0.15, -0.1) is 11.3 Å². The molecule has 2 aliphatic rings. The lowest BCUT2D eigenvalue weighted by Gasteiger charge is -2.15. The summed E-state index contributed by atoms with van der Waals surface area (Å²) in [5.41, 5.74) is 3.77. The topological polar surface area (TPSA) is 66.1 Å². The number of rotatable bonds is 5. The summed E-state index contributed by atoms with van der Waals surface area (Å²) in [5.74, 6) is -0.0472. The summed E-state index contributed by atoms with van der Waals surface area (Å²) in [7, 11) is 0. The van der Waals surface area contributed by atoms with Gasteiger partial charge in [-0.3, -0.25) is 14.2 Å². The van der Waals surface area contributed by atoms with Crippen molar-refractivity contribution in [1.29, 1.82) is 0 Å². The van der Waals surface area contributed by atoms with Crippen LogP contribution in [0.2, 0.25) is 0 Å². The van der Waals surface area contributed by atoms with Crippen molar-refractivity contribution >= 4 is 27.3 Å². The molecule has 0 N–H and O–H groups in total. The third kappa shape index (κ3) is 3.34. The molecule has 1 unspecified atom stereocenters. The van der Waals surface area contributed by atoms with Crippen LogP contribution < -0.4 is 5.56 Å². The van der Waals surface area contributed by atoms with Crippen LogP contribution in [0.4, 0.5) is 0 Å². The number of ether oxygens (including phenoxy) is 1. The predicted octanol–water partition coefficient (Wildman–Crippen LogP) is 3.82. The molecule has 0 aromatic carbocycles. The van der Waals surface area contributed by atoms with Gasteiger partial charge < -0.3 is 9.30 Å². The van der Waals surface area contributed by atoms with Crippen LogP contribution in [0.3, 0.4) is 0 Å². The molecule has 6 nitrogen and oxygen atoms in total. The third-order valence-corrected chi connectivity index (χ3v) is 7.74. The van der Waals surface area contributed by atoms with Gasteiger partial charge in [0, 0.05) is 35.0 Å². The van der Waals surface area contributed by atoms with Gasteiger partial charge in [-0.05, 0) is 64.0 Å². The Balaban J connectivity index is 1.43. The molecule has 1 fully saturated rings. The number of hydrogen-bond donors (Lipinski definition) is 0. The summed E-state index contributed by atoms with van der Waals surface area (Å²) >= 11 is 1.64. The molecule has 0 radical (unpaired) electrons. The maximum atomic E-state index is 13.2. The zero-order chi connectivity index (χ0) is 20.8. The van der Waals surface area contributed by atoms with E-state index in [0.717, 1.165) is 72.4 Å². The molecule has 1 aliphatic heterocycles. The molecule has 0 spiro atoms. The lowest BCUT2D eigenvalue weighted by molar-refractivity contribution is 0.0948. The molecule has 3 aromatic rings. The monoisotopic (exact) mass is 425 g/mol. The number of hydrogen-bond acceptors (Lipinski definition) is 5. The lowest BCUT2D eigenvalue weighted by Crippen LogP contribution is -2.25. The second kappa shape index (κ2) is 7.78. The maximum Gasteiger partial charge on any atom is 0.262 e. The van der Waals surface area contributed by atoms with E-state index < -0.39 is 0 Å². The Morgan fingerprint density at radius 2 is 2.10 bits per heavy atom. The van der Waals surface area contributed by atoms with Crippen molar-refractivity contribution in [3.8, 4) is 0 Å². The molecular formula is C23H27N3O3S. The van der Waals surface area contributed by atoms with Gasteiger partial charge in [0.15, 0.2) is 5.78 Å². The molecule has 1 aliphatic carbocycles. The minimum Gasteiger partial charge on any atom is -0.376 e. The molecule has 0 saturated carbocycles. The molecule has 0 amide bonds. The van der Waals surface area contributed by atoms with Gasteiger partial charge >= 0.3 is 0 Å². The largest absolute Gasteiger partial charge is 0.376 e. The average Bonchev–Trinajstić information content (AvgIpc) is 3.44. The average molecular weight is 426 g/mol. The fraction of sp³-hybridized carbons (Fsp3) is 0.522. The van der Waals surface area contributed by atoms with Gasteiger partial charge in [0.25, 0.3) is 5.56 Å². The highest BCUT2D eigenvalue weighted by Crippen LogP contribution is 2.33. The molecule has 4 heterocycles. The molecule has 0 bridgehead atoms. The van der Waals surface area contributed by atoms with Crippen LogP contribution in [0, 0.1) is 13.8 Å². The highest BCUT2D eigenvalue weighted by Gasteiger charge is 2.23. The first-order chi connectivity index (χ1) is 14.5. The van der Waals surface area contributed by atoms with E-state index >= 15 is 0 Å². The predicted molar refractivity (Wildman–Crippen MR) is 118 cm³/mol. The fourth-order valence-electron chi connectivity index (χ4n) is 4.89. The summed E-state index contributed by atoms with van der Waals surface area (Å²) < 4.78 is 9.42. The Bertz CT molecular complexity index is 1180. The summed E-state index contributed by atoms with van der Waals surface area (Å²) in [6.45, 7) is 5.63. The maximum absolute atomic E-state index is 13.2. The van der Waals surface area contributed by atoms with Crippen molar-refractivity contribution in [2.45, 2.75) is 71.6 Å². The van der Waals surface area contributed by atoms with Gasteiger partial charge in [-0.25, -0.2) is 4.98 Å². The highest BCUT2D eigenvalue weighted by atomic mass is 32.1. The van der Waals surface area contributed by atoms with Crippen molar-refractivity contribution in [1.82, 2.24) is 14.1 Å². The van der Waals surface area contributed by atoms with Gasteiger partial charge in [0.1, 0.15) is 4.83 Å². The van der Waals surface area contributed by atoms with Crippen molar-refractivity contribution in [2.24, 2.45) is 0 Å². The fourth-order valence-corrected chi connectivity index (χ4v) is 6.11. The molecular weight excluding hydrogens is 398 g/mol. The molecule has 30 heavy (non-hydrogen) atoms. The van der Waals surface area contributed by atoms with Crippen LogP contribution in [0.5, 0.6) is 0 Å². The van der Waals surface area contributed by atoms with Crippen LogP contribution in [0.15, 0.2) is 17.2 Å². The SMILES string of the molecule is Cc1cc(C(=O)Cn2cnc3sc4c(c3c2=O)CCCC4)c(C)n1CC1CCCO1. The van der Waals surface area contributed by atoms with Crippen LogP contribution in [-0.2, 0) is 30.7 Å². The number of nitrogens with zero attached hydrogens (tertiary/aromatic N) is 3. The number of thiophene rings is 1. The Kier molecular flexibility index (Phi) is 5.11. The normalized spacial score (nSPS) is 18.8. The number of fused-ring (bicyclic) bond motifs is 3. The third-order valence-electron chi connectivity index (χ3n) is 6.54. The standard InChI is InChI=1S/C23H27N3O3S/c1-14-10-18(15(2)26(14)11-16-6-5-9-29-16)19(27)12-25-13-24-22-21(23(25)28)17-7-3-4-8-20(17)30-22/h10,13,16H,3-9,11-12H2,1-2H3. The van der Waals surface area contributed by atoms with Crippen molar-refractivity contribution in [3.05, 3.63) is 50.1 Å². The smallest absolute Gasteiger partial charge is 0.262 e. The molecule has 5 rings (SSSR count). The van der Waals surface area contributed by atoms with E-state index in [2.05, 4.69) is 9.55 Å². The Morgan fingerprint density at radius 1 is 1.27 bits per heavy atom. The number of aryl methyl sites for hydroxylation is 3. The number of ketones is 1. The van der Waals surface area contributed by atoms with E-state index in [1.54, 1.807) is 11.3 Å². The van der Waals surface area contributed by atoms with Gasteiger partial charge in [0.05, 0.1) is 24.4 Å². The Hall–Kier alpha value is -2.25. The minimum absolute atomic E-state index is 0.0244. The zero-order valence-electron chi connectivity index (χ0n) is 17.6. The van der Waals surface area contributed by atoms with Crippen LogP contribution >= 0.6 is 11.3 Å². The van der Waals surface area contributed by atoms with Crippen LogP contribution in [0.1, 0.15) is 57.9 Å². The summed E-state index contributed by atoms with van der Waals surface area (Å²) in [6.07, 6.45) is 8.18. The summed E-state index contributed by atoms with van der Waals surface area (Å²) in [6, 6.07) is 1.94. The number of aromatic nitrogens is 3. The number of carbonyl (C=O) groups excluding carboxylic acids is 1. The first kappa shape index (κ1) is 19.7. The molecule has 3 aromatic heterocycles. The van der Waals surface area contributed by atoms with Gasteiger partial charge in [-0.2, -0.15) is 0 Å². The summed E-state index contributed by atoms with van der Waals surface area (Å²) in [4.78, 5) is 32.9. The van der Waals surface area contributed by atoms with Crippen LogP contribution in [-0.4, -0.2) is 32.6 Å². The number of carbonyl (C=O) groups is 1. The van der Waals surface area contributed by atoms with E-state index in [0.29, 0.717) is 5.56 Å². The molecule has 1 atom stereocenters. The molecule has 158 valence electrons. The van der Waals surface area contributed by atoms with Crippen molar-refractivity contribution in [2.75, 3.05) is 6.61 Å². The van der Waals surface area contributed by atoms with E-state index in [1.165, 1.54) is 22.2 Å². The van der Waals surface area contributed by atoms with Crippen LogP contribution in [0.25, 0.3) is 10.2 Å². The quantitative estimate of drug-likeness (QED) is 0.583. The van der Waals surface area contributed by atoms with E-state index in [9.17, 15) is 9.59 Å². The summed E-state index contributed by atoms with van der Waals surface area (Å²) in [5, 5.41) is 0.730. The number of Topliss-reactive ketones (excluding diaryl/α,β-unsaturated/α-hetero) is 1. The van der Waals surface area contributed by atoms with Gasteiger partial charge in [-0.1, -0.05) is 0 Å². The molecule has 7 heteroatoms. The van der Waals surface area contributed by atoms with Crippen molar-refractivity contribution in [3.63, 3.8) is 0 Å². The second-order valence-electron chi connectivity index (χ2n) is 8.52. The first-order valence-electron chi connectivity index (χ1n) is 10.8. The van der Waals surface area contributed by atoms with Crippen molar-refractivity contribution < 1.29 is 9.53 Å². The van der Waals surface area contributed by atoms with E-state index in [1.807, 2.05) is 19.9 Å². The lowest BCUT2D eigenvalue weighted by atomic mass is 9.97. The van der Waals surface area contributed by atoms with E-state index in [-0.39, 0.29) is 24.0 Å². The Labute approximate surface area is 179 Å². The highest BCUT2D eigenvalue weighted by molar-refractivity contribution is 7.18. The second-order valence-corrected chi connectivity index (χ2v) is 9.61. The Morgan fingerprint density at radius 3 is 2.90 bits per heavy atom.